The van der Waals surface area contributed by atoms with Crippen molar-refractivity contribution < 1.29 is 0 Å². The minimum absolute atomic E-state index is 0.613. The molecule has 0 spiro atoms. The minimum atomic E-state index is 0.613. The highest BCUT2D eigenvalue weighted by atomic mass is 15.1. The SMILES string of the molecule is Cc1c(-c2ccc(-c3nc(-c4cc5ccccc5c5ccccc45)nc(-c4cc5ccccc5c5ccccc45)n3)cc2)nc2ccncn12.Cc1c(-c2ccc(-c3nc(-c4ccc5ccccc5c4)nc(-c4ccc5ccccc5c4)n3)cc2)nc2ccncn12.Cc1c(-c2ccc(-c3nc(-c4ccccc4)nc(-c4ccccc4)n3)cc2)nc2ccncn12. The van der Waals surface area contributed by atoms with Crippen molar-refractivity contribution in [3.05, 3.63) is 400 Å². The number of hydrogen-bond acceptors (Lipinski definition) is 15. The normalized spacial score (nSPS) is 11.5. The Morgan fingerprint density at radius 3 is 0.754 bits per heavy atom. The summed E-state index contributed by atoms with van der Waals surface area (Å²) in [7, 11) is 0. The van der Waals surface area contributed by atoms with Crippen molar-refractivity contribution in [2.45, 2.75) is 20.8 Å². The monoisotopic (exact) mass is 1620 g/mol. The number of aromatic nitrogens is 18. The zero-order chi connectivity index (χ0) is 84.1. The molecule has 0 fully saturated rings. The smallest absolute Gasteiger partial charge is 0.164 e. The predicted molar refractivity (Wildman–Crippen MR) is 504 cm³/mol. The molecular formula is C108H72N18. The van der Waals surface area contributed by atoms with Crippen molar-refractivity contribution in [2.24, 2.45) is 0 Å². The second-order valence-corrected chi connectivity index (χ2v) is 31.0. The number of benzene rings is 15. The summed E-state index contributed by atoms with van der Waals surface area (Å²) in [6.45, 7) is 6.18. The van der Waals surface area contributed by atoms with Crippen LogP contribution in [0.25, 0.3) is 218 Å². The van der Waals surface area contributed by atoms with E-state index in [0.29, 0.717) is 52.4 Å². The van der Waals surface area contributed by atoms with Gasteiger partial charge in [-0.2, -0.15) is 0 Å². The first-order valence-electron chi connectivity index (χ1n) is 41.5. The summed E-state index contributed by atoms with van der Waals surface area (Å²) in [4.78, 5) is 72.2. The molecule has 0 N–H and O–H groups in total. The average molecular weight is 1620 g/mol. The average Bonchev–Trinajstić information content (AvgIpc) is 0.957. The largest absolute Gasteiger partial charge is 0.287 e. The maximum Gasteiger partial charge on any atom is 0.164 e. The van der Waals surface area contributed by atoms with Crippen molar-refractivity contribution >= 4 is 81.6 Å². The highest BCUT2D eigenvalue weighted by Crippen LogP contribution is 2.41. The Morgan fingerprint density at radius 1 is 0.175 bits per heavy atom. The molecule has 0 amide bonds. The molecule has 0 saturated carbocycles. The molecule has 9 aromatic heterocycles. The fourth-order valence-corrected chi connectivity index (χ4v) is 16.8. The van der Waals surface area contributed by atoms with Crippen molar-refractivity contribution in [1.82, 2.24) is 88.0 Å². The van der Waals surface area contributed by atoms with Crippen LogP contribution in [-0.2, 0) is 0 Å². The maximum atomic E-state index is 5.27. The second kappa shape index (κ2) is 32.0. The van der Waals surface area contributed by atoms with Crippen LogP contribution < -0.4 is 0 Å². The van der Waals surface area contributed by atoms with Gasteiger partial charge in [-0.3, -0.25) is 13.2 Å². The fourth-order valence-electron chi connectivity index (χ4n) is 16.8. The second-order valence-electron chi connectivity index (χ2n) is 31.0. The molecule has 9 heterocycles. The molecule has 0 aliphatic carbocycles. The lowest BCUT2D eigenvalue weighted by Crippen LogP contribution is -2.01. The summed E-state index contributed by atoms with van der Waals surface area (Å²) >= 11 is 0. The van der Waals surface area contributed by atoms with Gasteiger partial charge in [0.05, 0.1) is 17.1 Å². The van der Waals surface area contributed by atoms with E-state index < -0.39 is 0 Å². The molecule has 0 aliphatic rings. The van der Waals surface area contributed by atoms with E-state index >= 15 is 0 Å². The van der Waals surface area contributed by atoms with E-state index in [1.165, 1.54) is 32.3 Å². The van der Waals surface area contributed by atoms with Crippen LogP contribution in [0, 0.1) is 20.8 Å². The van der Waals surface area contributed by atoms with Crippen LogP contribution in [0.5, 0.6) is 0 Å². The summed E-state index contributed by atoms with van der Waals surface area (Å²) in [6.07, 6.45) is 10.7. The van der Waals surface area contributed by atoms with Gasteiger partial charge in [-0.05, 0) is 128 Å². The van der Waals surface area contributed by atoms with E-state index in [9.17, 15) is 0 Å². The molecule has 0 atom stereocenters. The zero-order valence-corrected chi connectivity index (χ0v) is 68.4. The summed E-state index contributed by atoms with van der Waals surface area (Å²) in [6, 6.07) is 118. The van der Waals surface area contributed by atoms with Crippen molar-refractivity contribution in [2.75, 3.05) is 0 Å². The Kier molecular flexibility index (Phi) is 19.1. The van der Waals surface area contributed by atoms with Gasteiger partial charge in [-0.15, -0.1) is 0 Å². The van der Waals surface area contributed by atoms with E-state index in [1.54, 1.807) is 37.6 Å². The van der Waals surface area contributed by atoms with Gasteiger partial charge in [0.25, 0.3) is 0 Å². The Hall–Kier alpha value is -17.3. The van der Waals surface area contributed by atoms with E-state index in [2.05, 4.69) is 278 Å². The third-order valence-electron chi connectivity index (χ3n) is 23.3. The Balaban J connectivity index is 0.000000114. The minimum Gasteiger partial charge on any atom is -0.287 e. The van der Waals surface area contributed by atoms with Gasteiger partial charge < -0.3 is 0 Å². The predicted octanol–water partition coefficient (Wildman–Crippen LogP) is 24.6. The molecule has 18 heteroatoms. The number of nitrogens with zero attached hydrogens (tertiary/aromatic N) is 18. The van der Waals surface area contributed by atoms with Crippen LogP contribution in [0.4, 0.5) is 0 Å². The molecule has 0 unspecified atom stereocenters. The van der Waals surface area contributed by atoms with Gasteiger partial charge in [0.2, 0.25) is 0 Å². The number of imidazole rings is 3. The molecule has 594 valence electrons. The summed E-state index contributed by atoms with van der Waals surface area (Å²) in [5.41, 5.74) is 20.1. The highest BCUT2D eigenvalue weighted by Gasteiger charge is 2.23. The van der Waals surface area contributed by atoms with Crippen molar-refractivity contribution in [3.8, 4) is 136 Å². The van der Waals surface area contributed by atoms with E-state index in [1.807, 2.05) is 116 Å². The number of aryl methyl sites for hydroxylation is 3. The van der Waals surface area contributed by atoms with Gasteiger partial charge in [-0.25, -0.2) is 74.8 Å². The number of hydrogen-bond donors (Lipinski definition) is 0. The molecule has 0 radical (unpaired) electrons. The number of rotatable bonds is 12. The van der Waals surface area contributed by atoms with Gasteiger partial charge in [0, 0.05) is 102 Å². The quantitative estimate of drug-likeness (QED) is 0.104. The molecule has 24 rings (SSSR count). The summed E-state index contributed by atoms with van der Waals surface area (Å²) in [5.74, 6) is 5.72. The van der Waals surface area contributed by atoms with E-state index in [0.717, 1.165) is 150 Å². The number of fused-ring (bicyclic) bond motifs is 11. The molecule has 0 bridgehead atoms. The van der Waals surface area contributed by atoms with Crippen LogP contribution in [0.2, 0.25) is 0 Å². The highest BCUT2D eigenvalue weighted by molar-refractivity contribution is 6.15. The van der Waals surface area contributed by atoms with Gasteiger partial charge >= 0.3 is 0 Å². The molecular weight excluding hydrogens is 1550 g/mol. The third kappa shape index (κ3) is 14.2. The van der Waals surface area contributed by atoms with Crippen molar-refractivity contribution in [1.29, 1.82) is 0 Å². The van der Waals surface area contributed by atoms with Crippen LogP contribution in [0.15, 0.2) is 383 Å². The first-order chi connectivity index (χ1) is 62.1. The lowest BCUT2D eigenvalue weighted by molar-refractivity contribution is 1.04. The van der Waals surface area contributed by atoms with E-state index in [-0.39, 0.29) is 0 Å². The van der Waals surface area contributed by atoms with Crippen LogP contribution in [0.1, 0.15) is 17.1 Å². The topological polar surface area (TPSA) is 207 Å². The maximum absolute atomic E-state index is 5.27. The molecule has 24 aromatic rings. The van der Waals surface area contributed by atoms with Crippen LogP contribution >= 0.6 is 0 Å². The van der Waals surface area contributed by atoms with E-state index in [4.69, 9.17) is 59.8 Å². The zero-order valence-electron chi connectivity index (χ0n) is 68.4. The van der Waals surface area contributed by atoms with Gasteiger partial charge in [0.1, 0.15) is 35.9 Å². The summed E-state index contributed by atoms with van der Waals surface area (Å²) in [5, 5.41) is 13.9. The van der Waals surface area contributed by atoms with Crippen LogP contribution in [0.3, 0.4) is 0 Å². The molecule has 0 aliphatic heterocycles. The molecule has 18 nitrogen and oxygen atoms in total. The summed E-state index contributed by atoms with van der Waals surface area (Å²) < 4.78 is 6.00. The lowest BCUT2D eigenvalue weighted by Gasteiger charge is -2.14. The molecule has 0 saturated heterocycles. The lowest BCUT2D eigenvalue weighted by atomic mass is 9.96. The van der Waals surface area contributed by atoms with Crippen LogP contribution in [-0.4, -0.2) is 88.0 Å². The molecule has 126 heavy (non-hydrogen) atoms. The van der Waals surface area contributed by atoms with Crippen molar-refractivity contribution in [3.63, 3.8) is 0 Å². The molecule has 15 aromatic carbocycles. The Labute approximate surface area is 722 Å². The fraction of sp³-hybridized carbons (Fsp3) is 0.0278. The standard InChI is InChI=1S/C44H28N6.C36H24N6.C28H20N6/c1-27-41(46-40-22-23-45-26-50(27)40)28-18-20-29(21-19-28)42-47-43(38-24-30-10-2-4-12-32(30)34-14-6-8-16-36(34)38)49-44(48-42)39-25-31-11-3-5-13-33(31)35-15-7-9-17-37(35)39;1-23-33(38-32-18-19-37-22-42(23)32)26-12-14-27(15-13-26)34-39-35(30-16-10-24-6-2-4-8-28(24)20-30)41-36(40-34)31-17-11-25-7-3-5-9-29(25)21-31;1-19-25(30-24-16-17-29-18-34(19)24)20-12-14-23(15-13-20)28-32-26(21-8-4-2-5-9-21)31-27(33-28)22-10-6-3-7-11-22/h2-26H,1H3;2-22H,1H3;2-18H,1H3. The first kappa shape index (κ1) is 75.0. The first-order valence-corrected chi connectivity index (χ1v) is 41.5. The van der Waals surface area contributed by atoms with Gasteiger partial charge in [0.15, 0.2) is 52.4 Å². The third-order valence-corrected chi connectivity index (χ3v) is 23.3. The Bertz CT molecular complexity index is 8030. The Morgan fingerprint density at radius 2 is 0.421 bits per heavy atom. The van der Waals surface area contributed by atoms with Gasteiger partial charge in [-0.1, -0.05) is 303 Å².